The largest absolute Gasteiger partial charge is 0.314 e. The van der Waals surface area contributed by atoms with E-state index in [-0.39, 0.29) is 0 Å². The Bertz CT molecular complexity index is 400. The molecule has 2 rings (SSSR count). The number of hydrogen-bond donors (Lipinski definition) is 1. The highest BCUT2D eigenvalue weighted by molar-refractivity contribution is 6.31. The molecule has 1 N–H and O–H groups in total. The first-order chi connectivity index (χ1) is 9.13. The third-order valence-corrected chi connectivity index (χ3v) is 4.36. The summed E-state index contributed by atoms with van der Waals surface area (Å²) in [5.41, 5.74) is 1.27. The lowest BCUT2D eigenvalue weighted by Gasteiger charge is -2.23. The molecule has 1 aliphatic rings. The highest BCUT2D eigenvalue weighted by Gasteiger charge is 2.32. The van der Waals surface area contributed by atoms with Crippen LogP contribution in [0.15, 0.2) is 6.20 Å². The van der Waals surface area contributed by atoms with Crippen molar-refractivity contribution in [2.45, 2.75) is 65.0 Å². The molecule has 19 heavy (non-hydrogen) atoms. The van der Waals surface area contributed by atoms with E-state index in [1.54, 1.807) is 0 Å². The van der Waals surface area contributed by atoms with Crippen molar-refractivity contribution in [3.05, 3.63) is 16.9 Å². The second-order valence-electron chi connectivity index (χ2n) is 5.96. The Kier molecular flexibility index (Phi) is 5.28. The summed E-state index contributed by atoms with van der Waals surface area (Å²) in [5, 5.41) is 8.88. The van der Waals surface area contributed by atoms with Gasteiger partial charge in [0.25, 0.3) is 0 Å². The highest BCUT2D eigenvalue weighted by atomic mass is 35.5. The normalized spacial score (nSPS) is 23.4. The van der Waals surface area contributed by atoms with Crippen molar-refractivity contribution in [3.63, 3.8) is 0 Å². The molecule has 0 radical (unpaired) electrons. The maximum absolute atomic E-state index is 6.39. The molecule has 3 nitrogen and oxygen atoms in total. The van der Waals surface area contributed by atoms with Crippen LogP contribution >= 0.6 is 11.6 Å². The standard InChI is InChI=1S/C15H26ClN3/c1-4-8-19-15(14(16)10-18-19)13-7-5-6-12(13)9-17-11(2)3/h10-13,17H,4-9H2,1-3H3. The summed E-state index contributed by atoms with van der Waals surface area (Å²) >= 11 is 6.39. The van der Waals surface area contributed by atoms with Crippen molar-refractivity contribution in [1.82, 2.24) is 15.1 Å². The zero-order valence-electron chi connectivity index (χ0n) is 12.3. The quantitative estimate of drug-likeness (QED) is 0.860. The lowest BCUT2D eigenvalue weighted by molar-refractivity contribution is 0.402. The van der Waals surface area contributed by atoms with Crippen LogP contribution in [0.5, 0.6) is 0 Å². The number of aromatic nitrogens is 2. The van der Waals surface area contributed by atoms with E-state index in [1.165, 1.54) is 25.0 Å². The lowest BCUT2D eigenvalue weighted by atomic mass is 9.92. The number of nitrogens with one attached hydrogen (secondary N) is 1. The molecule has 0 amide bonds. The molecular formula is C15H26ClN3. The molecule has 2 unspecified atom stereocenters. The molecule has 0 bridgehead atoms. The predicted molar refractivity (Wildman–Crippen MR) is 80.7 cm³/mol. The van der Waals surface area contributed by atoms with Crippen LogP contribution < -0.4 is 5.32 Å². The zero-order chi connectivity index (χ0) is 13.8. The van der Waals surface area contributed by atoms with Crippen LogP contribution in [0.25, 0.3) is 0 Å². The van der Waals surface area contributed by atoms with E-state index in [0.717, 1.165) is 24.5 Å². The molecule has 1 aliphatic carbocycles. The Morgan fingerprint density at radius 3 is 2.95 bits per heavy atom. The maximum Gasteiger partial charge on any atom is 0.0820 e. The fourth-order valence-corrected chi connectivity index (χ4v) is 3.44. The molecule has 0 spiro atoms. The summed E-state index contributed by atoms with van der Waals surface area (Å²) in [7, 11) is 0. The Morgan fingerprint density at radius 2 is 2.26 bits per heavy atom. The van der Waals surface area contributed by atoms with Gasteiger partial charge in [-0.25, -0.2) is 0 Å². The predicted octanol–water partition coefficient (Wildman–Crippen LogP) is 3.83. The molecule has 4 heteroatoms. The smallest absolute Gasteiger partial charge is 0.0820 e. The second-order valence-corrected chi connectivity index (χ2v) is 6.37. The third kappa shape index (κ3) is 3.51. The molecular weight excluding hydrogens is 258 g/mol. The van der Waals surface area contributed by atoms with E-state index in [0.29, 0.717) is 17.9 Å². The van der Waals surface area contributed by atoms with E-state index in [4.69, 9.17) is 11.6 Å². The fourth-order valence-electron chi connectivity index (χ4n) is 3.16. The molecule has 1 saturated carbocycles. The molecule has 1 heterocycles. The Balaban J connectivity index is 2.12. The summed E-state index contributed by atoms with van der Waals surface area (Å²) in [6.07, 6.45) is 6.78. The lowest BCUT2D eigenvalue weighted by Crippen LogP contribution is -2.30. The minimum absolute atomic E-state index is 0.553. The fraction of sp³-hybridized carbons (Fsp3) is 0.800. The van der Waals surface area contributed by atoms with Crippen LogP contribution in [-0.4, -0.2) is 22.4 Å². The Hall–Kier alpha value is -0.540. The van der Waals surface area contributed by atoms with Crippen molar-refractivity contribution < 1.29 is 0 Å². The van der Waals surface area contributed by atoms with Crippen molar-refractivity contribution >= 4 is 11.6 Å². The minimum atomic E-state index is 0.553. The number of aryl methyl sites for hydroxylation is 1. The summed E-state index contributed by atoms with van der Waals surface area (Å²) in [6, 6.07) is 0.553. The van der Waals surface area contributed by atoms with Gasteiger partial charge in [0.2, 0.25) is 0 Å². The van der Waals surface area contributed by atoms with Crippen molar-refractivity contribution in [2.24, 2.45) is 5.92 Å². The Morgan fingerprint density at radius 1 is 1.47 bits per heavy atom. The molecule has 1 fully saturated rings. The van der Waals surface area contributed by atoms with Gasteiger partial charge in [-0.05, 0) is 31.7 Å². The molecule has 0 saturated heterocycles. The summed E-state index contributed by atoms with van der Waals surface area (Å²) in [5.74, 6) is 1.28. The first kappa shape index (κ1) is 14.9. The van der Waals surface area contributed by atoms with Crippen molar-refractivity contribution in [1.29, 1.82) is 0 Å². The van der Waals surface area contributed by atoms with Crippen LogP contribution in [0.3, 0.4) is 0 Å². The number of rotatable bonds is 6. The third-order valence-electron chi connectivity index (χ3n) is 4.07. The van der Waals surface area contributed by atoms with Gasteiger partial charge in [0.1, 0.15) is 0 Å². The number of halogens is 1. The molecule has 0 aliphatic heterocycles. The van der Waals surface area contributed by atoms with Gasteiger partial charge in [-0.1, -0.05) is 38.8 Å². The summed E-state index contributed by atoms with van der Waals surface area (Å²) < 4.78 is 2.13. The van der Waals surface area contributed by atoms with E-state index in [1.807, 2.05) is 6.20 Å². The van der Waals surface area contributed by atoms with Gasteiger partial charge in [-0.15, -0.1) is 0 Å². The minimum Gasteiger partial charge on any atom is -0.314 e. The molecule has 1 aromatic heterocycles. The maximum atomic E-state index is 6.39. The van der Waals surface area contributed by atoms with Crippen LogP contribution in [0.2, 0.25) is 5.02 Å². The first-order valence-corrected chi connectivity index (χ1v) is 7.95. The van der Waals surface area contributed by atoms with Gasteiger partial charge in [0, 0.05) is 18.5 Å². The number of nitrogens with zero attached hydrogens (tertiary/aromatic N) is 2. The van der Waals surface area contributed by atoms with Gasteiger partial charge < -0.3 is 5.32 Å². The van der Waals surface area contributed by atoms with Crippen LogP contribution in [0, 0.1) is 5.92 Å². The van der Waals surface area contributed by atoms with Gasteiger partial charge in [-0.3, -0.25) is 4.68 Å². The average molecular weight is 284 g/mol. The van der Waals surface area contributed by atoms with E-state index >= 15 is 0 Å². The van der Waals surface area contributed by atoms with Gasteiger partial charge in [-0.2, -0.15) is 5.10 Å². The first-order valence-electron chi connectivity index (χ1n) is 7.58. The summed E-state index contributed by atoms with van der Waals surface area (Å²) in [4.78, 5) is 0. The van der Waals surface area contributed by atoms with E-state index in [2.05, 4.69) is 35.9 Å². The SMILES string of the molecule is CCCn1ncc(Cl)c1C1CCCC1CNC(C)C. The average Bonchev–Trinajstić information content (AvgIpc) is 2.94. The topological polar surface area (TPSA) is 29.9 Å². The Labute approximate surface area is 121 Å². The van der Waals surface area contributed by atoms with Gasteiger partial charge in [0.15, 0.2) is 0 Å². The summed E-state index contributed by atoms with van der Waals surface area (Å²) in [6.45, 7) is 8.67. The second kappa shape index (κ2) is 6.76. The zero-order valence-corrected chi connectivity index (χ0v) is 13.1. The molecule has 1 aromatic rings. The van der Waals surface area contributed by atoms with E-state index in [9.17, 15) is 0 Å². The highest BCUT2D eigenvalue weighted by Crippen LogP contribution is 2.41. The van der Waals surface area contributed by atoms with E-state index < -0.39 is 0 Å². The number of hydrogen-bond acceptors (Lipinski definition) is 2. The van der Waals surface area contributed by atoms with Crippen LogP contribution in [-0.2, 0) is 6.54 Å². The molecule has 0 aromatic carbocycles. The molecule has 108 valence electrons. The van der Waals surface area contributed by atoms with Gasteiger partial charge >= 0.3 is 0 Å². The van der Waals surface area contributed by atoms with Crippen molar-refractivity contribution in [2.75, 3.05) is 6.54 Å². The van der Waals surface area contributed by atoms with Crippen molar-refractivity contribution in [3.8, 4) is 0 Å². The monoisotopic (exact) mass is 283 g/mol. The van der Waals surface area contributed by atoms with Crippen LogP contribution in [0.4, 0.5) is 0 Å². The van der Waals surface area contributed by atoms with Gasteiger partial charge in [0.05, 0.1) is 16.9 Å². The van der Waals surface area contributed by atoms with Crippen LogP contribution in [0.1, 0.15) is 58.1 Å². The molecule has 2 atom stereocenters.